The van der Waals surface area contributed by atoms with Crippen LogP contribution in [-0.4, -0.2) is 58.8 Å². The van der Waals surface area contributed by atoms with Crippen LogP contribution >= 0.6 is 11.3 Å². The lowest BCUT2D eigenvalue weighted by Crippen LogP contribution is -2.39. The van der Waals surface area contributed by atoms with Crippen molar-refractivity contribution in [3.63, 3.8) is 0 Å². The minimum Gasteiger partial charge on any atom is -0.497 e. The zero-order valence-corrected chi connectivity index (χ0v) is 27.8. The summed E-state index contributed by atoms with van der Waals surface area (Å²) in [5.41, 5.74) is 1.80. The van der Waals surface area contributed by atoms with Crippen LogP contribution in [0.2, 0.25) is 0 Å². The van der Waals surface area contributed by atoms with Crippen LogP contribution in [0, 0.1) is 0 Å². The van der Waals surface area contributed by atoms with Gasteiger partial charge in [0.2, 0.25) is 0 Å². The third kappa shape index (κ3) is 7.12. The molecule has 0 radical (unpaired) electrons. The average molecular weight is 661 g/mol. The van der Waals surface area contributed by atoms with Crippen LogP contribution in [0.25, 0.3) is 6.08 Å². The van der Waals surface area contributed by atoms with Crippen molar-refractivity contribution in [3.05, 3.63) is 103 Å². The molecule has 0 saturated heterocycles. The summed E-state index contributed by atoms with van der Waals surface area (Å²) in [6.45, 7) is 4.26. The van der Waals surface area contributed by atoms with Crippen molar-refractivity contribution in [2.24, 2.45) is 4.99 Å². The van der Waals surface area contributed by atoms with Gasteiger partial charge < -0.3 is 33.2 Å². The highest BCUT2D eigenvalue weighted by molar-refractivity contribution is 7.07. The third-order valence-corrected chi connectivity index (χ3v) is 8.38. The maximum atomic E-state index is 14.0. The molecule has 12 heteroatoms. The van der Waals surface area contributed by atoms with Gasteiger partial charge in [0, 0.05) is 0 Å². The molecule has 2 heterocycles. The zero-order chi connectivity index (χ0) is 33.5. The molecular weight excluding hydrogens is 624 g/mol. The van der Waals surface area contributed by atoms with Gasteiger partial charge in [-0.1, -0.05) is 23.5 Å². The van der Waals surface area contributed by atoms with E-state index in [9.17, 15) is 9.59 Å². The summed E-state index contributed by atoms with van der Waals surface area (Å²) >= 11 is 1.23. The Kier molecular flexibility index (Phi) is 10.5. The number of hydrogen-bond donors (Lipinski definition) is 0. The Morgan fingerprint density at radius 1 is 0.830 bits per heavy atom. The van der Waals surface area contributed by atoms with Crippen molar-refractivity contribution in [2.45, 2.75) is 19.9 Å². The second-order valence-electron chi connectivity index (χ2n) is 10.2. The van der Waals surface area contributed by atoms with Crippen LogP contribution < -0.4 is 43.3 Å². The van der Waals surface area contributed by atoms with Gasteiger partial charge in [-0.3, -0.25) is 9.36 Å². The van der Waals surface area contributed by atoms with Crippen molar-refractivity contribution in [2.75, 3.05) is 48.3 Å². The molecule has 3 aromatic carbocycles. The summed E-state index contributed by atoms with van der Waals surface area (Å²) in [5.74, 6) is 2.93. The van der Waals surface area contributed by atoms with Gasteiger partial charge in [-0.2, -0.15) is 0 Å². The summed E-state index contributed by atoms with van der Waals surface area (Å²) in [6, 6.07) is 17.2. The molecule has 0 aliphatic carbocycles. The number of rotatable bonds is 13. The number of aromatic nitrogens is 1. The lowest BCUT2D eigenvalue weighted by molar-refractivity contribution is -0.139. The third-order valence-electron chi connectivity index (χ3n) is 7.39. The monoisotopic (exact) mass is 660 g/mol. The van der Waals surface area contributed by atoms with Crippen LogP contribution in [0.1, 0.15) is 31.0 Å². The van der Waals surface area contributed by atoms with Crippen LogP contribution in [-0.2, 0) is 9.53 Å². The van der Waals surface area contributed by atoms with Crippen molar-refractivity contribution in [3.8, 4) is 34.5 Å². The molecule has 0 spiro atoms. The fourth-order valence-corrected chi connectivity index (χ4v) is 6.20. The highest BCUT2D eigenvalue weighted by Crippen LogP contribution is 2.36. The number of hydrogen-bond acceptors (Lipinski definition) is 11. The van der Waals surface area contributed by atoms with E-state index in [-0.39, 0.29) is 17.7 Å². The van der Waals surface area contributed by atoms with E-state index in [2.05, 4.69) is 4.99 Å². The van der Waals surface area contributed by atoms with Gasteiger partial charge in [0.25, 0.3) is 5.56 Å². The van der Waals surface area contributed by atoms with E-state index in [1.165, 1.54) is 23.0 Å². The molecule has 1 atom stereocenters. The van der Waals surface area contributed by atoms with Gasteiger partial charge in [0.1, 0.15) is 24.7 Å². The summed E-state index contributed by atoms with van der Waals surface area (Å²) < 4.78 is 40.7. The van der Waals surface area contributed by atoms with E-state index in [4.69, 9.17) is 33.2 Å². The van der Waals surface area contributed by atoms with E-state index in [0.29, 0.717) is 62.6 Å². The maximum Gasteiger partial charge on any atom is 0.338 e. The topological polar surface area (TPSA) is 116 Å². The molecule has 47 heavy (non-hydrogen) atoms. The number of carbonyl (C=O) groups excluding carboxylic acids is 1. The molecule has 0 saturated carbocycles. The fraction of sp³-hybridized carbons (Fsp3) is 0.286. The number of carbonyl (C=O) groups is 1. The smallest absolute Gasteiger partial charge is 0.338 e. The van der Waals surface area contributed by atoms with E-state index < -0.39 is 12.0 Å². The molecule has 0 fully saturated rings. The lowest BCUT2D eigenvalue weighted by Gasteiger charge is -2.25. The first-order valence-corrected chi connectivity index (χ1v) is 15.6. The Hall–Kier alpha value is -5.23. The Labute approximate surface area is 275 Å². The number of thiazole rings is 1. The molecule has 0 N–H and O–H groups in total. The van der Waals surface area contributed by atoms with Crippen molar-refractivity contribution < 1.29 is 38.0 Å². The van der Waals surface area contributed by atoms with Gasteiger partial charge in [0.05, 0.1) is 56.9 Å². The predicted molar refractivity (Wildman–Crippen MR) is 177 cm³/mol. The van der Waals surface area contributed by atoms with Gasteiger partial charge in [-0.15, -0.1) is 0 Å². The Morgan fingerprint density at radius 2 is 1.49 bits per heavy atom. The van der Waals surface area contributed by atoms with E-state index in [1.54, 1.807) is 71.6 Å². The molecule has 0 amide bonds. The number of allylic oxidation sites excluding steroid dienone is 1. The molecule has 1 aromatic heterocycles. The zero-order valence-electron chi connectivity index (χ0n) is 27.0. The number of esters is 1. The molecular formula is C35H36N2O9S. The first kappa shape index (κ1) is 33.1. The Morgan fingerprint density at radius 3 is 2.17 bits per heavy atom. The second kappa shape index (κ2) is 14.9. The van der Waals surface area contributed by atoms with E-state index in [1.807, 2.05) is 30.3 Å². The number of nitrogens with zero attached hydrogens (tertiary/aromatic N) is 2. The van der Waals surface area contributed by atoms with Gasteiger partial charge >= 0.3 is 5.97 Å². The maximum absolute atomic E-state index is 14.0. The van der Waals surface area contributed by atoms with E-state index in [0.717, 1.165) is 11.3 Å². The van der Waals surface area contributed by atoms with Crippen molar-refractivity contribution >= 4 is 23.4 Å². The molecule has 246 valence electrons. The minimum atomic E-state index is -0.794. The van der Waals surface area contributed by atoms with Gasteiger partial charge in [-0.05, 0) is 79.6 Å². The van der Waals surface area contributed by atoms with Crippen LogP contribution in [0.5, 0.6) is 34.5 Å². The second-order valence-corrected chi connectivity index (χ2v) is 11.2. The van der Waals surface area contributed by atoms with Crippen LogP contribution in [0.3, 0.4) is 0 Å². The Bertz CT molecular complexity index is 1960. The summed E-state index contributed by atoms with van der Waals surface area (Å²) in [6.07, 6.45) is 1.76. The quantitative estimate of drug-likeness (QED) is 0.153. The Balaban J connectivity index is 1.45. The van der Waals surface area contributed by atoms with Crippen molar-refractivity contribution in [1.82, 2.24) is 4.57 Å². The molecule has 0 unspecified atom stereocenters. The fourth-order valence-electron chi connectivity index (χ4n) is 5.16. The molecule has 11 nitrogen and oxygen atoms in total. The van der Waals surface area contributed by atoms with Gasteiger partial charge in [0.15, 0.2) is 27.8 Å². The standard InChI is InChI=1S/C35H36N2O9S/c1-7-44-34(39)31-21(2)36-35-37(32(31)23-9-15-26(41-4)29(20-23)43-6)33(38)30(47-35)19-22-8-14-27(28(18-22)42-5)46-17-16-45-25-12-10-24(40-3)11-13-25/h8-15,18-20,32H,7,16-17H2,1-6H3/t32-/m1/s1. The van der Waals surface area contributed by atoms with Gasteiger partial charge in [-0.25, -0.2) is 9.79 Å². The van der Waals surface area contributed by atoms with E-state index >= 15 is 0 Å². The summed E-state index contributed by atoms with van der Waals surface area (Å²) in [7, 11) is 6.24. The molecule has 5 rings (SSSR count). The number of fused-ring (bicyclic) bond motifs is 1. The average Bonchev–Trinajstić information content (AvgIpc) is 3.39. The van der Waals surface area contributed by atoms with Crippen molar-refractivity contribution in [1.29, 1.82) is 0 Å². The number of ether oxygens (including phenoxy) is 7. The molecule has 4 aromatic rings. The lowest BCUT2D eigenvalue weighted by atomic mass is 9.95. The SMILES string of the molecule is CCOC(=O)C1=C(C)N=c2sc(=Cc3ccc(OCCOc4ccc(OC)cc4)c(OC)c3)c(=O)n2[C@@H]1c1ccc(OC)c(OC)c1. The first-order chi connectivity index (χ1) is 22.8. The minimum absolute atomic E-state index is 0.177. The first-order valence-electron chi connectivity index (χ1n) is 14.8. The summed E-state index contributed by atoms with van der Waals surface area (Å²) in [5, 5.41) is 0. The molecule has 0 bridgehead atoms. The highest BCUT2D eigenvalue weighted by Gasteiger charge is 2.34. The largest absolute Gasteiger partial charge is 0.497 e. The van der Waals surface area contributed by atoms with Crippen LogP contribution in [0.4, 0.5) is 0 Å². The van der Waals surface area contributed by atoms with Crippen LogP contribution in [0.15, 0.2) is 81.7 Å². The summed E-state index contributed by atoms with van der Waals surface area (Å²) in [4.78, 5) is 32.4. The highest BCUT2D eigenvalue weighted by atomic mass is 32.1. The number of benzene rings is 3. The molecule has 1 aliphatic rings. The number of methoxy groups -OCH3 is 4. The molecule has 1 aliphatic heterocycles. The predicted octanol–water partition coefficient (Wildman–Crippen LogP) is 4.29. The normalized spacial score (nSPS) is 14.2.